The van der Waals surface area contributed by atoms with Crippen LogP contribution in [0.1, 0.15) is 65.4 Å². The minimum absolute atomic E-state index is 0. The van der Waals surface area contributed by atoms with Gasteiger partial charge in [0.25, 0.3) is 10.2 Å². The van der Waals surface area contributed by atoms with Gasteiger partial charge in [-0.15, -0.1) is 0 Å². The van der Waals surface area contributed by atoms with Gasteiger partial charge in [-0.1, -0.05) is 59.1 Å². The summed E-state index contributed by atoms with van der Waals surface area (Å²) in [7, 11) is -3.69. The van der Waals surface area contributed by atoms with E-state index in [0.29, 0.717) is 5.69 Å². The van der Waals surface area contributed by atoms with Gasteiger partial charge in [0.05, 0.1) is 0 Å². The van der Waals surface area contributed by atoms with Crippen LogP contribution < -0.4 is 9.86 Å². The van der Waals surface area contributed by atoms with Gasteiger partial charge in [0.15, 0.2) is 0 Å². The fourth-order valence-electron chi connectivity index (χ4n) is 2.78. The van der Waals surface area contributed by atoms with E-state index >= 15 is 0 Å². The Hall–Kier alpha value is -1.11. The lowest BCUT2D eigenvalue weighted by atomic mass is 10.1. The number of hydrogen-bond donors (Lipinski definition) is 2. The summed E-state index contributed by atoms with van der Waals surface area (Å²) in [6.07, 6.45) is 8.75. The molecule has 0 amide bonds. The van der Waals surface area contributed by atoms with Crippen LogP contribution in [0.2, 0.25) is 0 Å². The average Bonchev–Trinajstić information content (AvgIpc) is 2.53. The van der Waals surface area contributed by atoms with E-state index < -0.39 is 10.2 Å². The number of aryl methyl sites for hydroxylation is 1. The average molecular weight is 372 g/mol. The van der Waals surface area contributed by atoms with Crippen molar-refractivity contribution in [2.45, 2.75) is 66.2 Å². The number of unbranched alkanes of at least 4 members (excludes halogenated alkanes) is 4. The number of nitrogens with two attached hydrogens (primary N) is 1. The first kappa shape index (κ1) is 23.9. The minimum Gasteiger partial charge on any atom is -0.304 e. The molecule has 146 valence electrons. The van der Waals surface area contributed by atoms with Crippen molar-refractivity contribution >= 4 is 15.9 Å². The second-order valence-corrected chi connectivity index (χ2v) is 7.59. The van der Waals surface area contributed by atoms with Gasteiger partial charge < -0.3 is 4.90 Å². The SMILES string of the molecule is C.CCCCCCCN(CC)CCCc1ccc(NS(N)(=O)=O)cc1. The van der Waals surface area contributed by atoms with E-state index in [4.69, 9.17) is 5.14 Å². The number of hydrogen-bond acceptors (Lipinski definition) is 3. The summed E-state index contributed by atoms with van der Waals surface area (Å²) in [6.45, 7) is 7.87. The molecule has 0 aliphatic heterocycles. The van der Waals surface area contributed by atoms with Gasteiger partial charge in [0, 0.05) is 5.69 Å². The van der Waals surface area contributed by atoms with Crippen molar-refractivity contribution in [2.24, 2.45) is 5.14 Å². The topological polar surface area (TPSA) is 75.4 Å². The third-order valence-electron chi connectivity index (χ3n) is 4.18. The van der Waals surface area contributed by atoms with Crippen LogP contribution in [0, 0.1) is 0 Å². The van der Waals surface area contributed by atoms with Crippen LogP contribution in [0.4, 0.5) is 5.69 Å². The van der Waals surface area contributed by atoms with Gasteiger partial charge in [-0.3, -0.25) is 4.72 Å². The van der Waals surface area contributed by atoms with Crippen LogP contribution in [0.25, 0.3) is 0 Å². The Morgan fingerprint density at radius 2 is 1.56 bits per heavy atom. The smallest absolute Gasteiger partial charge is 0.296 e. The standard InChI is InChI=1S/C18H33N3O2S.CH4/c1-3-5-6-7-8-15-21(4-2)16-9-10-17-11-13-18(14-12-17)20-24(19,22)23;/h11-14,20H,3-10,15-16H2,1-2H3,(H2,19,22,23);1H4. The molecule has 0 radical (unpaired) electrons. The Labute approximate surface area is 155 Å². The van der Waals surface area contributed by atoms with Crippen LogP contribution >= 0.6 is 0 Å². The van der Waals surface area contributed by atoms with Crippen molar-refractivity contribution in [2.75, 3.05) is 24.4 Å². The van der Waals surface area contributed by atoms with Crippen LogP contribution in [-0.4, -0.2) is 33.0 Å². The van der Waals surface area contributed by atoms with Crippen LogP contribution in [0.15, 0.2) is 24.3 Å². The Morgan fingerprint density at radius 3 is 2.12 bits per heavy atom. The second-order valence-electron chi connectivity index (χ2n) is 6.30. The molecular formula is C19H37N3O2S. The minimum atomic E-state index is -3.69. The maximum Gasteiger partial charge on any atom is 0.296 e. The summed E-state index contributed by atoms with van der Waals surface area (Å²) in [5, 5.41) is 4.96. The lowest BCUT2D eigenvalue weighted by Gasteiger charge is -2.20. The Balaban J connectivity index is 0.00000576. The molecule has 6 heteroatoms. The van der Waals surface area contributed by atoms with Crippen molar-refractivity contribution in [1.82, 2.24) is 4.90 Å². The molecule has 0 aliphatic carbocycles. The van der Waals surface area contributed by atoms with Crippen LogP contribution in [0.3, 0.4) is 0 Å². The Morgan fingerprint density at radius 1 is 0.960 bits per heavy atom. The van der Waals surface area contributed by atoms with Gasteiger partial charge in [0.2, 0.25) is 0 Å². The van der Waals surface area contributed by atoms with E-state index in [1.165, 1.54) is 44.2 Å². The van der Waals surface area contributed by atoms with Crippen molar-refractivity contribution in [1.29, 1.82) is 0 Å². The van der Waals surface area contributed by atoms with E-state index in [2.05, 4.69) is 23.5 Å². The monoisotopic (exact) mass is 371 g/mol. The van der Waals surface area contributed by atoms with Crippen molar-refractivity contribution in [3.05, 3.63) is 29.8 Å². The van der Waals surface area contributed by atoms with E-state index in [9.17, 15) is 8.42 Å². The molecular weight excluding hydrogens is 334 g/mol. The Bertz CT molecular complexity index is 544. The first-order valence-corrected chi connectivity index (χ1v) is 10.6. The summed E-state index contributed by atoms with van der Waals surface area (Å²) >= 11 is 0. The number of nitrogens with one attached hydrogen (secondary N) is 1. The third kappa shape index (κ3) is 12.0. The summed E-state index contributed by atoms with van der Waals surface area (Å²) in [6, 6.07) is 7.42. The number of nitrogens with zero attached hydrogens (tertiary/aromatic N) is 1. The normalized spacial score (nSPS) is 11.4. The first-order chi connectivity index (χ1) is 11.4. The molecule has 0 saturated carbocycles. The largest absolute Gasteiger partial charge is 0.304 e. The van der Waals surface area contributed by atoms with Gasteiger partial charge in [0.1, 0.15) is 0 Å². The van der Waals surface area contributed by atoms with Crippen LogP contribution in [-0.2, 0) is 16.6 Å². The van der Waals surface area contributed by atoms with Crippen LogP contribution in [0.5, 0.6) is 0 Å². The highest BCUT2D eigenvalue weighted by molar-refractivity contribution is 7.90. The molecule has 3 N–H and O–H groups in total. The molecule has 25 heavy (non-hydrogen) atoms. The van der Waals surface area contributed by atoms with Crippen molar-refractivity contribution in [3.8, 4) is 0 Å². The first-order valence-electron chi connectivity index (χ1n) is 9.06. The third-order valence-corrected chi connectivity index (χ3v) is 4.70. The summed E-state index contributed by atoms with van der Waals surface area (Å²) in [5.74, 6) is 0. The molecule has 0 heterocycles. The zero-order valence-electron chi connectivity index (χ0n) is 15.1. The van der Waals surface area contributed by atoms with Gasteiger partial charge in [-0.05, 0) is 56.6 Å². The molecule has 1 rings (SSSR count). The molecule has 0 aliphatic rings. The lowest BCUT2D eigenvalue weighted by Crippen LogP contribution is -2.26. The highest BCUT2D eigenvalue weighted by Gasteiger charge is 2.04. The zero-order chi connectivity index (χ0) is 17.8. The van der Waals surface area contributed by atoms with Gasteiger partial charge >= 0.3 is 0 Å². The van der Waals surface area contributed by atoms with E-state index in [1.807, 2.05) is 12.1 Å². The predicted octanol–water partition coefficient (Wildman–Crippen LogP) is 4.16. The molecule has 1 aromatic carbocycles. The maximum atomic E-state index is 11.0. The number of rotatable bonds is 13. The second kappa shape index (κ2) is 13.1. The highest BCUT2D eigenvalue weighted by atomic mass is 32.2. The molecule has 0 atom stereocenters. The van der Waals surface area contributed by atoms with E-state index in [1.54, 1.807) is 12.1 Å². The van der Waals surface area contributed by atoms with Gasteiger partial charge in [-0.25, -0.2) is 5.14 Å². The quantitative estimate of drug-likeness (QED) is 0.511. The lowest BCUT2D eigenvalue weighted by molar-refractivity contribution is 0.277. The summed E-state index contributed by atoms with van der Waals surface area (Å²) < 4.78 is 24.2. The van der Waals surface area contributed by atoms with E-state index in [-0.39, 0.29) is 7.43 Å². The molecule has 1 aromatic rings. The maximum absolute atomic E-state index is 11.0. The fraction of sp³-hybridized carbons (Fsp3) is 0.684. The molecule has 0 spiro atoms. The highest BCUT2D eigenvalue weighted by Crippen LogP contribution is 2.12. The fourth-order valence-corrected chi connectivity index (χ4v) is 3.24. The number of anilines is 1. The molecule has 0 aromatic heterocycles. The molecule has 0 saturated heterocycles. The van der Waals surface area contributed by atoms with Crippen molar-refractivity contribution in [3.63, 3.8) is 0 Å². The number of benzene rings is 1. The van der Waals surface area contributed by atoms with E-state index in [0.717, 1.165) is 25.9 Å². The molecule has 0 unspecified atom stereocenters. The van der Waals surface area contributed by atoms with Crippen molar-refractivity contribution < 1.29 is 8.42 Å². The summed E-state index contributed by atoms with van der Waals surface area (Å²) in [4.78, 5) is 2.52. The van der Waals surface area contributed by atoms with Gasteiger partial charge in [-0.2, -0.15) is 8.42 Å². The zero-order valence-corrected chi connectivity index (χ0v) is 15.9. The Kier molecular flexibility index (Phi) is 12.6. The molecule has 0 fully saturated rings. The predicted molar refractivity (Wildman–Crippen MR) is 109 cm³/mol. The molecule has 0 bridgehead atoms. The summed E-state index contributed by atoms with van der Waals surface area (Å²) in [5.41, 5.74) is 1.72. The molecule has 5 nitrogen and oxygen atoms in total.